The zero-order chi connectivity index (χ0) is 31.2. The molecule has 5 nitrogen and oxygen atoms in total. The number of esters is 1. The molecule has 0 spiro atoms. The maximum Gasteiger partial charge on any atom is 0.309 e. The minimum atomic E-state index is -0.853. The highest BCUT2D eigenvalue weighted by Gasteiger charge is 2.72. The molecule has 0 bridgehead atoms. The van der Waals surface area contributed by atoms with Gasteiger partial charge in [0.05, 0.1) is 12.3 Å². The third kappa shape index (κ3) is 4.45. The molecule has 5 heteroatoms. The van der Waals surface area contributed by atoms with Gasteiger partial charge in [0.25, 0.3) is 0 Å². The van der Waals surface area contributed by atoms with Crippen LogP contribution < -0.4 is 0 Å². The first-order chi connectivity index (χ1) is 20.1. The summed E-state index contributed by atoms with van der Waals surface area (Å²) in [5.41, 5.74) is 0.275. The summed E-state index contributed by atoms with van der Waals surface area (Å²) in [7, 11) is 0. The molecular formula is C38H60O5. The highest BCUT2D eigenvalue weighted by Crippen LogP contribution is 2.77. The van der Waals surface area contributed by atoms with Crippen LogP contribution in [0.3, 0.4) is 0 Å². The van der Waals surface area contributed by atoms with Gasteiger partial charge in [0.2, 0.25) is 0 Å². The van der Waals surface area contributed by atoms with Gasteiger partial charge in [-0.2, -0.15) is 0 Å². The van der Waals surface area contributed by atoms with Crippen molar-refractivity contribution in [3.8, 4) is 0 Å². The highest BCUT2D eigenvalue weighted by atomic mass is 16.5. The van der Waals surface area contributed by atoms with E-state index in [-0.39, 0.29) is 63.7 Å². The van der Waals surface area contributed by atoms with Crippen molar-refractivity contribution in [1.82, 2.24) is 0 Å². The van der Waals surface area contributed by atoms with Crippen molar-refractivity contribution in [3.05, 3.63) is 0 Å². The molecule has 6 aliphatic carbocycles. The number of hydrogen-bond donors (Lipinski definition) is 1. The molecular weight excluding hydrogens is 536 g/mol. The van der Waals surface area contributed by atoms with E-state index in [2.05, 4.69) is 48.5 Å². The van der Waals surface area contributed by atoms with Crippen LogP contribution in [-0.4, -0.2) is 28.9 Å². The van der Waals surface area contributed by atoms with Gasteiger partial charge in [-0.05, 0) is 129 Å². The standard InChI is InChI=1S/C38H60O5/c1-23(2)25-15-20-38(29(39)13-14-31(40)41)22-21-36(6)26(32(25)38)11-12-28-35(5)18-17-30(43-33(42)24-9-8-10-24)34(3,4)27(35)16-19-37(28,36)7/h23-28,30,32H,8-22H2,1-7H3,(H,40,41)/t25?,26?,27?,28?,30-,32?,35+,36-,37-,38-/m1/s1. The fourth-order valence-electron chi connectivity index (χ4n) is 13.4. The summed E-state index contributed by atoms with van der Waals surface area (Å²) in [6.07, 6.45) is 14.4. The van der Waals surface area contributed by atoms with Gasteiger partial charge in [0.15, 0.2) is 0 Å². The van der Waals surface area contributed by atoms with Crippen LogP contribution in [0.2, 0.25) is 0 Å². The number of carbonyl (C=O) groups excluding carboxylic acids is 2. The Kier molecular flexibility index (Phi) is 7.77. The number of carboxylic acids is 1. The average molecular weight is 597 g/mol. The monoisotopic (exact) mass is 596 g/mol. The zero-order valence-electron chi connectivity index (χ0n) is 28.3. The molecule has 5 unspecified atom stereocenters. The number of carboxylic acid groups (broad SMARTS) is 1. The molecule has 0 heterocycles. The predicted octanol–water partition coefficient (Wildman–Crippen LogP) is 8.87. The van der Waals surface area contributed by atoms with Crippen LogP contribution in [0.15, 0.2) is 0 Å². The molecule has 1 N–H and O–H groups in total. The SMILES string of the molecule is CC(C)C1CC[C@]2(C(=O)CCC(=O)O)CC[C@]3(C)C(CCC4[C@@]5(C)CC[C@@H](OC(=O)C6CCC6)C(C)(C)C5CC[C@]43C)C12. The Labute approximate surface area is 261 Å². The maximum atomic E-state index is 14.0. The minimum Gasteiger partial charge on any atom is -0.481 e. The van der Waals surface area contributed by atoms with Crippen molar-refractivity contribution >= 4 is 17.7 Å². The van der Waals surface area contributed by atoms with Crippen molar-refractivity contribution < 1.29 is 24.2 Å². The summed E-state index contributed by atoms with van der Waals surface area (Å²) >= 11 is 0. The quantitative estimate of drug-likeness (QED) is 0.297. The lowest BCUT2D eigenvalue weighted by atomic mass is 9.32. The molecule has 6 fully saturated rings. The number of hydrogen-bond acceptors (Lipinski definition) is 4. The lowest BCUT2D eigenvalue weighted by Crippen LogP contribution is -2.67. The predicted molar refractivity (Wildman–Crippen MR) is 168 cm³/mol. The molecule has 6 rings (SSSR count). The number of ether oxygens (including phenoxy) is 1. The van der Waals surface area contributed by atoms with Gasteiger partial charge < -0.3 is 9.84 Å². The molecule has 0 amide bonds. The Bertz CT molecular complexity index is 1140. The van der Waals surface area contributed by atoms with Crippen LogP contribution in [0, 0.1) is 68.5 Å². The Morgan fingerprint density at radius 1 is 0.767 bits per heavy atom. The van der Waals surface area contributed by atoms with Crippen LogP contribution in [0.4, 0.5) is 0 Å². The van der Waals surface area contributed by atoms with E-state index in [1.165, 1.54) is 25.7 Å². The lowest BCUT2D eigenvalue weighted by Gasteiger charge is -2.73. The first-order valence-corrected chi connectivity index (χ1v) is 18.1. The summed E-state index contributed by atoms with van der Waals surface area (Å²) in [6.45, 7) is 17.4. The number of rotatable bonds is 7. The van der Waals surface area contributed by atoms with Crippen molar-refractivity contribution in [3.63, 3.8) is 0 Å². The van der Waals surface area contributed by atoms with Crippen LogP contribution in [0.5, 0.6) is 0 Å². The van der Waals surface area contributed by atoms with E-state index in [9.17, 15) is 19.5 Å². The largest absolute Gasteiger partial charge is 0.481 e. The Hall–Kier alpha value is -1.39. The van der Waals surface area contributed by atoms with E-state index in [0.29, 0.717) is 35.5 Å². The van der Waals surface area contributed by atoms with E-state index in [4.69, 9.17) is 4.74 Å². The molecule has 10 atom stereocenters. The molecule has 0 saturated heterocycles. The maximum absolute atomic E-state index is 14.0. The fraction of sp³-hybridized carbons (Fsp3) is 0.921. The van der Waals surface area contributed by atoms with Crippen molar-refractivity contribution in [2.75, 3.05) is 0 Å². The van der Waals surface area contributed by atoms with Gasteiger partial charge in [-0.1, -0.05) is 54.9 Å². The van der Waals surface area contributed by atoms with E-state index < -0.39 is 5.97 Å². The van der Waals surface area contributed by atoms with Crippen LogP contribution in [0.25, 0.3) is 0 Å². The molecule has 0 aromatic carbocycles. The fourth-order valence-corrected chi connectivity index (χ4v) is 13.4. The van der Waals surface area contributed by atoms with Crippen molar-refractivity contribution in [2.24, 2.45) is 68.5 Å². The second-order valence-corrected chi connectivity index (χ2v) is 18.0. The van der Waals surface area contributed by atoms with E-state index in [0.717, 1.165) is 57.8 Å². The first kappa shape index (κ1) is 31.6. The van der Waals surface area contributed by atoms with Gasteiger partial charge in [-0.25, -0.2) is 0 Å². The molecule has 0 aromatic heterocycles. The van der Waals surface area contributed by atoms with Gasteiger partial charge in [0, 0.05) is 17.3 Å². The summed E-state index contributed by atoms with van der Waals surface area (Å²) in [5.74, 6) is 2.77. The van der Waals surface area contributed by atoms with Crippen molar-refractivity contribution in [1.29, 1.82) is 0 Å². The summed E-state index contributed by atoms with van der Waals surface area (Å²) in [5, 5.41) is 9.41. The van der Waals surface area contributed by atoms with Gasteiger partial charge in [-0.3, -0.25) is 14.4 Å². The topological polar surface area (TPSA) is 80.7 Å². The van der Waals surface area contributed by atoms with Crippen LogP contribution in [0.1, 0.15) is 145 Å². The van der Waals surface area contributed by atoms with Gasteiger partial charge in [0.1, 0.15) is 11.9 Å². The number of carbonyl (C=O) groups is 3. The minimum absolute atomic E-state index is 0.0207. The summed E-state index contributed by atoms with van der Waals surface area (Å²) in [4.78, 5) is 38.4. The van der Waals surface area contributed by atoms with E-state index >= 15 is 0 Å². The molecule has 43 heavy (non-hydrogen) atoms. The Morgan fingerprint density at radius 3 is 2.12 bits per heavy atom. The third-order valence-corrected chi connectivity index (χ3v) is 16.1. The molecule has 0 aromatic rings. The number of ketones is 1. The number of fused-ring (bicyclic) bond motifs is 7. The normalized spacial score (nSPS) is 47.0. The molecule has 0 radical (unpaired) electrons. The number of Topliss-reactive ketones (excluding diaryl/α,β-unsaturated/α-hetero) is 1. The van der Waals surface area contributed by atoms with Crippen LogP contribution in [-0.2, 0) is 19.1 Å². The first-order valence-electron chi connectivity index (χ1n) is 18.1. The average Bonchev–Trinajstić information content (AvgIpc) is 3.29. The molecule has 6 aliphatic rings. The smallest absolute Gasteiger partial charge is 0.309 e. The van der Waals surface area contributed by atoms with Crippen molar-refractivity contribution in [2.45, 2.75) is 151 Å². The highest BCUT2D eigenvalue weighted by molar-refractivity contribution is 5.88. The number of aliphatic carboxylic acids is 1. The second-order valence-electron chi connectivity index (χ2n) is 18.0. The zero-order valence-corrected chi connectivity index (χ0v) is 28.3. The van der Waals surface area contributed by atoms with E-state index in [1.54, 1.807) is 0 Å². The van der Waals surface area contributed by atoms with Crippen LogP contribution >= 0.6 is 0 Å². The Balaban J connectivity index is 1.29. The molecule has 0 aliphatic heterocycles. The lowest BCUT2D eigenvalue weighted by molar-refractivity contribution is -0.251. The van der Waals surface area contributed by atoms with Gasteiger partial charge >= 0.3 is 11.9 Å². The van der Waals surface area contributed by atoms with E-state index in [1.807, 2.05) is 0 Å². The molecule has 6 saturated carbocycles. The third-order valence-electron chi connectivity index (χ3n) is 16.1. The summed E-state index contributed by atoms with van der Waals surface area (Å²) in [6, 6.07) is 0. The second kappa shape index (κ2) is 10.6. The molecule has 242 valence electrons. The Morgan fingerprint density at radius 2 is 1.49 bits per heavy atom. The summed E-state index contributed by atoms with van der Waals surface area (Å²) < 4.78 is 6.31. The van der Waals surface area contributed by atoms with Gasteiger partial charge in [-0.15, -0.1) is 0 Å².